The molecule has 0 N–H and O–H groups in total. The Balaban J connectivity index is 1.93. The lowest BCUT2D eigenvalue weighted by Crippen LogP contribution is -2.10. The van der Waals surface area contributed by atoms with Gasteiger partial charge in [0.25, 0.3) is 0 Å². The van der Waals surface area contributed by atoms with Crippen LogP contribution in [-0.4, -0.2) is 32.0 Å². The summed E-state index contributed by atoms with van der Waals surface area (Å²) in [5.41, 5.74) is 3.02. The molecule has 0 amide bonds. The van der Waals surface area contributed by atoms with Crippen molar-refractivity contribution in [3.05, 3.63) is 52.6 Å². The molecule has 0 atom stereocenters. The summed E-state index contributed by atoms with van der Waals surface area (Å²) in [4.78, 5) is 11.7. The zero-order valence-electron chi connectivity index (χ0n) is 12.3. The summed E-state index contributed by atoms with van der Waals surface area (Å²) in [6, 6.07) is 9.33. The minimum absolute atomic E-state index is 0.310. The summed E-state index contributed by atoms with van der Waals surface area (Å²) >= 11 is 5.95. The quantitative estimate of drug-likeness (QED) is 0.694. The monoisotopic (exact) mass is 318 g/mol. The van der Waals surface area contributed by atoms with Crippen LogP contribution in [0.5, 0.6) is 0 Å². The summed E-state index contributed by atoms with van der Waals surface area (Å²) in [5.74, 6) is -0.412. The van der Waals surface area contributed by atoms with Crippen molar-refractivity contribution < 1.29 is 9.53 Å². The smallest absolute Gasteiger partial charge is 0.358 e. The fraction of sp³-hybridized carbons (Fsp3) is 0.267. The Morgan fingerprint density at radius 1 is 1.32 bits per heavy atom. The van der Waals surface area contributed by atoms with E-state index in [1.165, 1.54) is 0 Å². The largest absolute Gasteiger partial charge is 0.461 e. The van der Waals surface area contributed by atoms with E-state index in [0.29, 0.717) is 24.0 Å². The second-order valence-corrected chi connectivity index (χ2v) is 5.26. The van der Waals surface area contributed by atoms with E-state index in [9.17, 15) is 4.79 Å². The predicted octanol–water partition coefficient (Wildman–Crippen LogP) is 2.72. The highest BCUT2D eigenvalue weighted by Gasteiger charge is 2.14. The fourth-order valence-corrected chi connectivity index (χ4v) is 2.48. The molecule has 0 aliphatic rings. The van der Waals surface area contributed by atoms with Gasteiger partial charge in [-0.05, 0) is 32.0 Å². The van der Waals surface area contributed by atoms with Crippen LogP contribution < -0.4 is 0 Å². The van der Waals surface area contributed by atoms with Gasteiger partial charge < -0.3 is 4.74 Å². The molecule has 0 unspecified atom stereocenters. The molecule has 0 aliphatic carbocycles. The van der Waals surface area contributed by atoms with Crippen molar-refractivity contribution in [3.63, 3.8) is 0 Å². The number of nitrogens with zero attached hydrogens (tertiary/aromatic N) is 4. The molecule has 3 rings (SSSR count). The van der Waals surface area contributed by atoms with E-state index in [1.807, 2.05) is 25.1 Å². The number of hydrogen-bond donors (Lipinski definition) is 0. The Bertz CT molecular complexity index is 837. The molecular weight excluding hydrogens is 304 g/mol. The van der Waals surface area contributed by atoms with Gasteiger partial charge in [-0.15, -0.1) is 0 Å². The van der Waals surface area contributed by atoms with Crippen LogP contribution in [0.1, 0.15) is 28.8 Å². The highest BCUT2D eigenvalue weighted by Crippen LogP contribution is 2.15. The molecule has 0 fully saturated rings. The minimum atomic E-state index is -0.412. The van der Waals surface area contributed by atoms with Crippen molar-refractivity contribution in [2.45, 2.75) is 20.4 Å². The summed E-state index contributed by atoms with van der Waals surface area (Å²) < 4.78 is 8.49. The lowest BCUT2D eigenvalue weighted by molar-refractivity contribution is 0.0518. The van der Waals surface area contributed by atoms with E-state index in [0.717, 1.165) is 16.9 Å². The Morgan fingerprint density at radius 2 is 2.14 bits per heavy atom. The Kier molecular flexibility index (Phi) is 3.85. The third-order valence-electron chi connectivity index (χ3n) is 3.31. The number of carbonyl (C=O) groups excluding carboxylic acids is 1. The fourth-order valence-electron chi connectivity index (χ4n) is 2.29. The van der Waals surface area contributed by atoms with E-state index in [2.05, 4.69) is 10.2 Å². The molecule has 3 aromatic rings. The third-order valence-corrected chi connectivity index (χ3v) is 3.50. The predicted molar refractivity (Wildman–Crippen MR) is 82.2 cm³/mol. The van der Waals surface area contributed by atoms with Gasteiger partial charge in [-0.2, -0.15) is 10.2 Å². The third kappa shape index (κ3) is 2.69. The average molecular weight is 319 g/mol. The van der Waals surface area contributed by atoms with Gasteiger partial charge in [0.15, 0.2) is 10.8 Å². The molecule has 0 spiro atoms. The maximum Gasteiger partial charge on any atom is 0.358 e. The van der Waals surface area contributed by atoms with Gasteiger partial charge in [0.1, 0.15) is 0 Å². The van der Waals surface area contributed by atoms with Crippen LogP contribution in [0, 0.1) is 6.92 Å². The normalized spacial score (nSPS) is 11.0. The number of carbonyl (C=O) groups is 1. The highest BCUT2D eigenvalue weighted by atomic mass is 35.5. The van der Waals surface area contributed by atoms with E-state index >= 15 is 0 Å². The van der Waals surface area contributed by atoms with Crippen LogP contribution in [0.3, 0.4) is 0 Å². The number of hydrogen-bond acceptors (Lipinski definition) is 4. The number of esters is 1. The van der Waals surface area contributed by atoms with E-state index < -0.39 is 5.97 Å². The average Bonchev–Trinajstić information content (AvgIpc) is 3.03. The number of rotatable bonds is 4. The number of halogens is 1. The van der Waals surface area contributed by atoms with Gasteiger partial charge in [-0.1, -0.05) is 17.7 Å². The Labute approximate surface area is 132 Å². The number of fused-ring (bicyclic) bond motifs is 1. The molecule has 114 valence electrons. The van der Waals surface area contributed by atoms with Crippen LogP contribution >= 0.6 is 11.6 Å². The van der Waals surface area contributed by atoms with Gasteiger partial charge >= 0.3 is 5.97 Å². The molecule has 0 radical (unpaired) electrons. The van der Waals surface area contributed by atoms with Crippen molar-refractivity contribution in [2.24, 2.45) is 0 Å². The van der Waals surface area contributed by atoms with Crippen molar-refractivity contribution in [2.75, 3.05) is 6.61 Å². The summed E-state index contributed by atoms with van der Waals surface area (Å²) in [7, 11) is 0. The van der Waals surface area contributed by atoms with Crippen molar-refractivity contribution in [3.8, 4) is 0 Å². The van der Waals surface area contributed by atoms with Crippen molar-refractivity contribution in [1.29, 1.82) is 0 Å². The molecule has 3 aromatic heterocycles. The minimum Gasteiger partial charge on any atom is -0.461 e. The number of ether oxygens (including phenoxy) is 1. The molecule has 0 saturated carbocycles. The zero-order valence-corrected chi connectivity index (χ0v) is 13.0. The van der Waals surface area contributed by atoms with Gasteiger partial charge in [0.2, 0.25) is 0 Å². The van der Waals surface area contributed by atoms with Gasteiger partial charge in [0, 0.05) is 11.8 Å². The van der Waals surface area contributed by atoms with Crippen LogP contribution in [0.25, 0.3) is 5.52 Å². The molecule has 0 aliphatic heterocycles. The molecule has 0 aromatic carbocycles. The lowest BCUT2D eigenvalue weighted by Gasteiger charge is -2.06. The molecule has 0 saturated heterocycles. The SMILES string of the molecule is CCOC(=O)c1cc(C)n(Cc2cccc3cc(Cl)nn23)n1. The van der Waals surface area contributed by atoms with Gasteiger partial charge in [0.05, 0.1) is 24.4 Å². The first-order valence-corrected chi connectivity index (χ1v) is 7.31. The summed E-state index contributed by atoms with van der Waals surface area (Å²) in [6.07, 6.45) is 0. The molecule has 7 heteroatoms. The topological polar surface area (TPSA) is 61.4 Å². The summed E-state index contributed by atoms with van der Waals surface area (Å²) in [6.45, 7) is 4.48. The first-order valence-electron chi connectivity index (χ1n) is 6.93. The number of pyridine rings is 1. The molecule has 22 heavy (non-hydrogen) atoms. The Hall–Kier alpha value is -2.34. The lowest BCUT2D eigenvalue weighted by atomic mass is 10.3. The van der Waals surface area contributed by atoms with Crippen molar-refractivity contribution >= 4 is 23.1 Å². The second kappa shape index (κ2) is 5.81. The van der Waals surface area contributed by atoms with Gasteiger partial charge in [-0.3, -0.25) is 4.68 Å². The van der Waals surface area contributed by atoms with E-state index in [4.69, 9.17) is 16.3 Å². The number of aryl methyl sites for hydroxylation is 1. The first-order chi connectivity index (χ1) is 10.6. The second-order valence-electron chi connectivity index (χ2n) is 4.87. The first kappa shape index (κ1) is 14.6. The van der Waals surface area contributed by atoms with Crippen LogP contribution in [0.4, 0.5) is 0 Å². The molecule has 3 heterocycles. The standard InChI is InChI=1S/C15H15ClN4O2/c1-3-22-15(21)13-7-10(2)19(17-13)9-12-6-4-5-11-8-14(16)18-20(11)12/h4-8H,3,9H2,1-2H3. The zero-order chi connectivity index (χ0) is 15.7. The maximum absolute atomic E-state index is 11.7. The van der Waals surface area contributed by atoms with Crippen LogP contribution in [0.15, 0.2) is 30.3 Å². The summed E-state index contributed by atoms with van der Waals surface area (Å²) in [5, 5.41) is 9.01. The van der Waals surface area contributed by atoms with Gasteiger partial charge in [-0.25, -0.2) is 9.31 Å². The number of aromatic nitrogens is 4. The van der Waals surface area contributed by atoms with Crippen LogP contribution in [-0.2, 0) is 11.3 Å². The van der Waals surface area contributed by atoms with E-state index in [1.54, 1.807) is 28.3 Å². The molecular formula is C15H15ClN4O2. The Morgan fingerprint density at radius 3 is 2.91 bits per heavy atom. The molecule has 6 nitrogen and oxygen atoms in total. The van der Waals surface area contributed by atoms with Crippen LogP contribution in [0.2, 0.25) is 5.15 Å². The maximum atomic E-state index is 11.7. The van der Waals surface area contributed by atoms with Crippen molar-refractivity contribution in [1.82, 2.24) is 19.4 Å². The van der Waals surface area contributed by atoms with E-state index in [-0.39, 0.29) is 0 Å². The highest BCUT2D eigenvalue weighted by molar-refractivity contribution is 6.29. The molecule has 0 bridgehead atoms.